The molecule has 0 radical (unpaired) electrons. The fourth-order valence-electron chi connectivity index (χ4n) is 7.71. The molecule has 144 valence electrons. The van der Waals surface area contributed by atoms with Gasteiger partial charge in [0.1, 0.15) is 0 Å². The Morgan fingerprint density at radius 1 is 1.11 bits per heavy atom. The Hall–Kier alpha value is -1.55. The van der Waals surface area contributed by atoms with Gasteiger partial charge >= 0.3 is 5.97 Å². The van der Waals surface area contributed by atoms with E-state index in [1.807, 2.05) is 6.07 Å². The van der Waals surface area contributed by atoms with Crippen LogP contribution in [0.25, 0.3) is 0 Å². The summed E-state index contributed by atoms with van der Waals surface area (Å²) in [6, 6.07) is 5.80. The fraction of sp³-hybridized carbons (Fsp3) is 0.696. The Labute approximate surface area is 160 Å². The Balaban J connectivity index is 1.46. The second kappa shape index (κ2) is 5.73. The number of carbonyl (C=O) groups is 1. The van der Waals surface area contributed by atoms with Crippen LogP contribution in [0.2, 0.25) is 0 Å². The molecule has 0 spiro atoms. The molecule has 4 aliphatic carbocycles. The molecule has 5 fully saturated rings. The van der Waals surface area contributed by atoms with Crippen molar-refractivity contribution in [3.63, 3.8) is 0 Å². The summed E-state index contributed by atoms with van der Waals surface area (Å²) in [5.74, 6) is 2.41. The van der Waals surface area contributed by atoms with Gasteiger partial charge in [0.15, 0.2) is 0 Å². The third kappa shape index (κ3) is 2.41. The first-order valence-electron chi connectivity index (χ1n) is 10.9. The van der Waals surface area contributed by atoms with Crippen LogP contribution in [0.5, 0.6) is 0 Å². The second-order valence-electron chi connectivity index (χ2n) is 10.0. The van der Waals surface area contributed by atoms with Crippen LogP contribution in [0.4, 0.5) is 5.69 Å². The first-order chi connectivity index (χ1) is 13.1. The van der Waals surface area contributed by atoms with Crippen LogP contribution in [0.1, 0.15) is 73.4 Å². The van der Waals surface area contributed by atoms with Crippen molar-refractivity contribution < 1.29 is 14.6 Å². The van der Waals surface area contributed by atoms with Crippen LogP contribution < -0.4 is 4.90 Å². The average Bonchev–Trinajstić information content (AvgIpc) is 2.66. The van der Waals surface area contributed by atoms with E-state index < -0.39 is 5.97 Å². The lowest BCUT2D eigenvalue weighted by molar-refractivity contribution is -0.0436. The molecule has 0 amide bonds. The van der Waals surface area contributed by atoms with E-state index in [1.165, 1.54) is 50.6 Å². The molecule has 6 aliphatic rings. The van der Waals surface area contributed by atoms with Crippen LogP contribution in [-0.4, -0.2) is 29.8 Å². The number of carboxylic acid groups (broad SMARTS) is 1. The lowest BCUT2D eigenvalue weighted by Crippen LogP contribution is -2.62. The minimum atomic E-state index is -0.836. The monoisotopic (exact) mass is 367 g/mol. The van der Waals surface area contributed by atoms with Crippen molar-refractivity contribution in [3.8, 4) is 0 Å². The van der Waals surface area contributed by atoms with E-state index >= 15 is 0 Å². The minimum Gasteiger partial charge on any atom is -0.478 e. The van der Waals surface area contributed by atoms with E-state index in [1.54, 1.807) is 6.07 Å². The van der Waals surface area contributed by atoms with E-state index in [0.29, 0.717) is 17.0 Å². The first-order valence-corrected chi connectivity index (χ1v) is 10.9. The molecule has 7 rings (SSSR count). The van der Waals surface area contributed by atoms with Gasteiger partial charge in [-0.1, -0.05) is 0 Å². The molecule has 2 atom stereocenters. The van der Waals surface area contributed by atoms with Gasteiger partial charge in [-0.2, -0.15) is 0 Å². The maximum absolute atomic E-state index is 11.6. The lowest BCUT2D eigenvalue weighted by atomic mass is 9.52. The normalized spacial score (nSPS) is 41.9. The Bertz CT molecular complexity index is 753. The van der Waals surface area contributed by atoms with Crippen LogP contribution in [-0.2, 0) is 4.74 Å². The van der Waals surface area contributed by atoms with Crippen molar-refractivity contribution in [2.75, 3.05) is 18.1 Å². The number of benzene rings is 1. The lowest BCUT2D eigenvalue weighted by Gasteiger charge is -2.63. The highest BCUT2D eigenvalue weighted by atomic mass is 16.5. The molecule has 1 saturated heterocycles. The van der Waals surface area contributed by atoms with Crippen molar-refractivity contribution in [3.05, 3.63) is 29.3 Å². The number of aromatic carboxylic acids is 1. The van der Waals surface area contributed by atoms with Crippen molar-refractivity contribution in [2.45, 2.75) is 63.0 Å². The molecule has 1 aromatic carbocycles. The summed E-state index contributed by atoms with van der Waals surface area (Å²) < 4.78 is 6.19. The van der Waals surface area contributed by atoms with Gasteiger partial charge < -0.3 is 14.7 Å². The summed E-state index contributed by atoms with van der Waals surface area (Å²) in [6.45, 7) is 1.89. The Kier molecular flexibility index (Phi) is 3.48. The van der Waals surface area contributed by atoms with E-state index in [4.69, 9.17) is 4.74 Å². The topological polar surface area (TPSA) is 49.8 Å². The number of nitrogens with zero attached hydrogens (tertiary/aromatic N) is 1. The Morgan fingerprint density at radius 3 is 2.48 bits per heavy atom. The second-order valence-corrected chi connectivity index (χ2v) is 10.0. The summed E-state index contributed by atoms with van der Waals surface area (Å²) >= 11 is 0. The molecule has 4 bridgehead atoms. The number of hydrogen-bond donors (Lipinski definition) is 1. The van der Waals surface area contributed by atoms with Crippen molar-refractivity contribution in [1.29, 1.82) is 0 Å². The summed E-state index contributed by atoms with van der Waals surface area (Å²) in [4.78, 5) is 14.3. The standard InChI is InChI=1S/C23H29NO3/c25-22(26)17-3-4-20-19(9-17)21-18(2-1-5-27-21)13-24(20)23-10-14-6-15(11-23)8-16(7-14)12-23/h3-4,9,14-16,18,21H,1-2,5-8,10-13H2,(H,25,26). The molecule has 4 heteroatoms. The van der Waals surface area contributed by atoms with Crippen LogP contribution in [0, 0.1) is 23.7 Å². The van der Waals surface area contributed by atoms with Gasteiger partial charge in [-0.3, -0.25) is 0 Å². The fourth-order valence-corrected chi connectivity index (χ4v) is 7.71. The molecule has 4 saturated carbocycles. The summed E-state index contributed by atoms with van der Waals surface area (Å²) in [5.41, 5.74) is 3.12. The average molecular weight is 367 g/mol. The Morgan fingerprint density at radius 2 is 1.81 bits per heavy atom. The van der Waals surface area contributed by atoms with Gasteiger partial charge in [-0.25, -0.2) is 4.79 Å². The predicted octanol–water partition coefficient (Wildman–Crippen LogP) is 4.64. The molecule has 1 N–H and O–H groups in total. The van der Waals surface area contributed by atoms with E-state index in [2.05, 4.69) is 11.0 Å². The molecule has 2 aliphatic heterocycles. The molecular formula is C23H29NO3. The van der Waals surface area contributed by atoms with Gasteiger partial charge in [0.05, 0.1) is 11.7 Å². The van der Waals surface area contributed by atoms with Crippen molar-refractivity contribution in [2.24, 2.45) is 23.7 Å². The predicted molar refractivity (Wildman–Crippen MR) is 103 cm³/mol. The number of fused-ring (bicyclic) bond motifs is 3. The zero-order valence-corrected chi connectivity index (χ0v) is 15.9. The highest BCUT2D eigenvalue weighted by Crippen LogP contribution is 2.60. The number of rotatable bonds is 2. The first kappa shape index (κ1) is 16.4. The highest BCUT2D eigenvalue weighted by Gasteiger charge is 2.55. The summed E-state index contributed by atoms with van der Waals surface area (Å²) in [5, 5.41) is 9.52. The summed E-state index contributed by atoms with van der Waals surface area (Å²) in [7, 11) is 0. The molecule has 2 unspecified atom stereocenters. The SMILES string of the molecule is O=C(O)c1ccc2c(c1)C1OCCCC1CN2C12CC3CC(CC(C3)C1)C2. The van der Waals surface area contributed by atoms with Crippen molar-refractivity contribution in [1.82, 2.24) is 0 Å². The van der Waals surface area contributed by atoms with Gasteiger partial charge in [-0.05, 0) is 87.3 Å². The number of ether oxygens (including phenoxy) is 1. The third-order valence-electron chi connectivity index (χ3n) is 8.31. The van der Waals surface area contributed by atoms with E-state index in [0.717, 1.165) is 42.9 Å². The molecule has 4 nitrogen and oxygen atoms in total. The maximum atomic E-state index is 11.6. The zero-order chi connectivity index (χ0) is 18.2. The molecular weight excluding hydrogens is 338 g/mol. The number of carboxylic acids is 1. The largest absolute Gasteiger partial charge is 0.478 e. The van der Waals surface area contributed by atoms with Gasteiger partial charge in [0, 0.05) is 35.9 Å². The van der Waals surface area contributed by atoms with Gasteiger partial charge in [-0.15, -0.1) is 0 Å². The van der Waals surface area contributed by atoms with Gasteiger partial charge in [0.2, 0.25) is 0 Å². The smallest absolute Gasteiger partial charge is 0.335 e. The van der Waals surface area contributed by atoms with E-state index in [-0.39, 0.29) is 6.10 Å². The van der Waals surface area contributed by atoms with Crippen LogP contribution >= 0.6 is 0 Å². The van der Waals surface area contributed by atoms with Crippen molar-refractivity contribution >= 4 is 11.7 Å². The number of hydrogen-bond acceptors (Lipinski definition) is 3. The quantitative estimate of drug-likeness (QED) is 0.827. The molecule has 2 heterocycles. The van der Waals surface area contributed by atoms with Crippen LogP contribution in [0.3, 0.4) is 0 Å². The number of anilines is 1. The molecule has 1 aromatic rings. The third-order valence-corrected chi connectivity index (χ3v) is 8.31. The zero-order valence-electron chi connectivity index (χ0n) is 15.9. The maximum Gasteiger partial charge on any atom is 0.335 e. The van der Waals surface area contributed by atoms with Crippen LogP contribution in [0.15, 0.2) is 18.2 Å². The van der Waals surface area contributed by atoms with Gasteiger partial charge in [0.25, 0.3) is 0 Å². The molecule has 0 aromatic heterocycles. The highest BCUT2D eigenvalue weighted by molar-refractivity contribution is 5.89. The minimum absolute atomic E-state index is 0.0817. The molecule has 27 heavy (non-hydrogen) atoms. The summed E-state index contributed by atoms with van der Waals surface area (Å²) in [6.07, 6.45) is 10.8. The van der Waals surface area contributed by atoms with E-state index in [9.17, 15) is 9.90 Å².